The lowest BCUT2D eigenvalue weighted by atomic mass is 9.98. The Morgan fingerprint density at radius 2 is 2.00 bits per heavy atom. The summed E-state index contributed by atoms with van der Waals surface area (Å²) in [5, 5.41) is 14.0. The fraction of sp³-hybridized carbons (Fsp3) is 0.350. The SMILES string of the molecule is Cc1ccccc1C(=O)/C(C#N)=C/c1c(C)nn([C@H]2CCS(=O)(=O)C2)c1C. The van der Waals surface area contributed by atoms with E-state index >= 15 is 0 Å². The summed E-state index contributed by atoms with van der Waals surface area (Å²) < 4.78 is 25.3. The molecule has 0 bridgehead atoms. The molecule has 0 N–H and O–H groups in total. The molecule has 0 aliphatic carbocycles. The van der Waals surface area contributed by atoms with E-state index in [1.807, 2.05) is 32.0 Å². The normalized spacial score (nSPS) is 19.0. The van der Waals surface area contributed by atoms with Crippen LogP contribution in [0.25, 0.3) is 6.08 Å². The Morgan fingerprint density at radius 3 is 2.59 bits per heavy atom. The number of benzene rings is 1. The first-order valence-electron chi connectivity index (χ1n) is 8.72. The molecule has 1 aromatic heterocycles. The molecule has 27 heavy (non-hydrogen) atoms. The van der Waals surface area contributed by atoms with Gasteiger partial charge in [0.15, 0.2) is 9.84 Å². The summed E-state index contributed by atoms with van der Waals surface area (Å²) in [6, 6.07) is 8.95. The molecule has 2 heterocycles. The van der Waals surface area contributed by atoms with Gasteiger partial charge in [0, 0.05) is 16.8 Å². The monoisotopic (exact) mass is 383 g/mol. The van der Waals surface area contributed by atoms with Crippen LogP contribution in [0.5, 0.6) is 0 Å². The minimum Gasteiger partial charge on any atom is -0.288 e. The molecule has 0 spiro atoms. The van der Waals surface area contributed by atoms with E-state index in [4.69, 9.17) is 0 Å². The van der Waals surface area contributed by atoms with Gasteiger partial charge in [-0.3, -0.25) is 9.48 Å². The predicted molar refractivity (Wildman–Crippen MR) is 103 cm³/mol. The zero-order valence-electron chi connectivity index (χ0n) is 15.6. The van der Waals surface area contributed by atoms with Gasteiger partial charge >= 0.3 is 0 Å². The van der Waals surface area contributed by atoms with Crippen molar-refractivity contribution in [1.29, 1.82) is 5.26 Å². The number of sulfone groups is 1. The third-order valence-electron chi connectivity index (χ3n) is 4.98. The molecular formula is C20H21N3O3S. The average molecular weight is 383 g/mol. The van der Waals surface area contributed by atoms with Crippen LogP contribution < -0.4 is 0 Å². The first-order valence-corrected chi connectivity index (χ1v) is 10.5. The number of allylic oxidation sites excluding steroid dienone is 1. The van der Waals surface area contributed by atoms with Crippen molar-refractivity contribution in [2.45, 2.75) is 33.2 Å². The Morgan fingerprint density at radius 1 is 1.30 bits per heavy atom. The summed E-state index contributed by atoms with van der Waals surface area (Å²) in [6.45, 7) is 5.47. The smallest absolute Gasteiger partial charge is 0.203 e. The number of nitriles is 1. The molecule has 1 aliphatic rings. The van der Waals surface area contributed by atoms with Crippen molar-refractivity contribution >= 4 is 21.7 Å². The quantitative estimate of drug-likeness (QED) is 0.460. The number of aryl methyl sites for hydroxylation is 2. The lowest BCUT2D eigenvalue weighted by molar-refractivity contribution is 0.103. The van der Waals surface area contributed by atoms with Gasteiger partial charge in [0.2, 0.25) is 5.78 Å². The van der Waals surface area contributed by atoms with Crippen molar-refractivity contribution in [2.75, 3.05) is 11.5 Å². The number of rotatable bonds is 4. The highest BCUT2D eigenvalue weighted by Gasteiger charge is 2.31. The fourth-order valence-corrected chi connectivity index (χ4v) is 5.17. The zero-order valence-corrected chi connectivity index (χ0v) is 16.4. The minimum absolute atomic E-state index is 0.0362. The molecule has 1 aromatic carbocycles. The Kier molecular flexibility index (Phi) is 5.03. The van der Waals surface area contributed by atoms with Crippen LogP contribution in [0.3, 0.4) is 0 Å². The molecule has 1 aliphatic heterocycles. The van der Waals surface area contributed by atoms with Crippen LogP contribution in [-0.2, 0) is 9.84 Å². The molecule has 0 unspecified atom stereocenters. The number of aromatic nitrogens is 2. The maximum absolute atomic E-state index is 12.8. The Balaban J connectivity index is 2.00. The number of nitrogens with zero attached hydrogens (tertiary/aromatic N) is 3. The second-order valence-corrected chi connectivity index (χ2v) is 9.13. The third kappa shape index (κ3) is 3.71. The maximum atomic E-state index is 12.8. The van der Waals surface area contributed by atoms with Crippen LogP contribution in [-0.4, -0.2) is 35.5 Å². The molecule has 1 saturated heterocycles. The predicted octanol–water partition coefficient (Wildman–Crippen LogP) is 2.96. The minimum atomic E-state index is -3.03. The topological polar surface area (TPSA) is 92.8 Å². The molecule has 0 amide bonds. The maximum Gasteiger partial charge on any atom is 0.203 e. The van der Waals surface area contributed by atoms with E-state index in [2.05, 4.69) is 5.10 Å². The van der Waals surface area contributed by atoms with E-state index in [0.717, 1.165) is 11.3 Å². The van der Waals surface area contributed by atoms with Crippen molar-refractivity contribution in [1.82, 2.24) is 9.78 Å². The molecule has 7 heteroatoms. The number of carbonyl (C=O) groups excluding carboxylic acids is 1. The van der Waals surface area contributed by atoms with Gasteiger partial charge in [0.05, 0.1) is 23.2 Å². The third-order valence-corrected chi connectivity index (χ3v) is 6.73. The van der Waals surface area contributed by atoms with E-state index < -0.39 is 9.84 Å². The second-order valence-electron chi connectivity index (χ2n) is 6.90. The van der Waals surface area contributed by atoms with Crippen LogP contribution >= 0.6 is 0 Å². The molecular weight excluding hydrogens is 362 g/mol. The van der Waals surface area contributed by atoms with E-state index in [-0.39, 0.29) is 28.9 Å². The summed E-state index contributed by atoms with van der Waals surface area (Å²) in [4.78, 5) is 12.8. The Labute approximate surface area is 159 Å². The lowest BCUT2D eigenvalue weighted by Crippen LogP contribution is -2.14. The van der Waals surface area contributed by atoms with Crippen molar-refractivity contribution < 1.29 is 13.2 Å². The number of hydrogen-bond acceptors (Lipinski definition) is 5. The van der Waals surface area contributed by atoms with Crippen molar-refractivity contribution in [2.24, 2.45) is 0 Å². The van der Waals surface area contributed by atoms with Crippen molar-refractivity contribution in [3.63, 3.8) is 0 Å². The lowest BCUT2D eigenvalue weighted by Gasteiger charge is -2.11. The summed E-state index contributed by atoms with van der Waals surface area (Å²) in [5.41, 5.74) is 3.47. The Hall–Kier alpha value is -2.72. The fourth-order valence-electron chi connectivity index (χ4n) is 3.47. The summed E-state index contributed by atoms with van der Waals surface area (Å²) in [7, 11) is -3.03. The summed E-state index contributed by atoms with van der Waals surface area (Å²) in [5.74, 6) is -0.0903. The van der Waals surface area contributed by atoms with Crippen LogP contribution in [0, 0.1) is 32.1 Å². The van der Waals surface area contributed by atoms with E-state index in [1.54, 1.807) is 29.8 Å². The summed E-state index contributed by atoms with van der Waals surface area (Å²) in [6.07, 6.45) is 2.09. The van der Waals surface area contributed by atoms with Gasteiger partial charge in [0.1, 0.15) is 11.6 Å². The second kappa shape index (κ2) is 7.12. The number of hydrogen-bond donors (Lipinski definition) is 0. The largest absolute Gasteiger partial charge is 0.288 e. The zero-order chi connectivity index (χ0) is 19.8. The van der Waals surface area contributed by atoms with Crippen LogP contribution in [0.1, 0.15) is 45.3 Å². The van der Waals surface area contributed by atoms with Gasteiger partial charge in [-0.15, -0.1) is 0 Å². The van der Waals surface area contributed by atoms with Crippen molar-refractivity contribution in [3.8, 4) is 6.07 Å². The van der Waals surface area contributed by atoms with Crippen LogP contribution in [0.2, 0.25) is 0 Å². The molecule has 2 aromatic rings. The van der Waals surface area contributed by atoms with Crippen LogP contribution in [0.15, 0.2) is 29.8 Å². The van der Waals surface area contributed by atoms with Crippen LogP contribution in [0.4, 0.5) is 0 Å². The van der Waals surface area contributed by atoms with Gasteiger partial charge in [-0.05, 0) is 38.8 Å². The highest BCUT2D eigenvalue weighted by molar-refractivity contribution is 7.91. The van der Waals surface area contributed by atoms with E-state index in [1.165, 1.54) is 0 Å². The highest BCUT2D eigenvalue weighted by atomic mass is 32.2. The van der Waals surface area contributed by atoms with Gasteiger partial charge in [-0.1, -0.05) is 24.3 Å². The molecule has 1 fully saturated rings. The molecule has 6 nitrogen and oxygen atoms in total. The van der Waals surface area contributed by atoms with E-state index in [0.29, 0.717) is 23.2 Å². The van der Waals surface area contributed by atoms with Gasteiger partial charge in [0.25, 0.3) is 0 Å². The molecule has 140 valence electrons. The van der Waals surface area contributed by atoms with E-state index in [9.17, 15) is 18.5 Å². The standard InChI is InChI=1S/C20H21N3O3S/c1-13-6-4-5-7-18(13)20(24)16(11-21)10-19-14(2)22-23(15(19)3)17-8-9-27(25,26)12-17/h4-7,10,17H,8-9,12H2,1-3H3/b16-10+/t17-/m0/s1. The van der Waals surface area contributed by atoms with Crippen molar-refractivity contribution in [3.05, 3.63) is 57.9 Å². The molecule has 0 saturated carbocycles. The van der Waals surface area contributed by atoms with Gasteiger partial charge in [-0.2, -0.15) is 10.4 Å². The first kappa shape index (κ1) is 19.1. The Bertz CT molecular complexity index is 1090. The molecule has 3 rings (SSSR count). The van der Waals surface area contributed by atoms with Gasteiger partial charge < -0.3 is 0 Å². The number of carbonyl (C=O) groups is 1. The number of ketones is 1. The first-order chi connectivity index (χ1) is 12.7. The molecule has 0 radical (unpaired) electrons. The average Bonchev–Trinajstić information content (AvgIpc) is 3.12. The number of Topliss-reactive ketones (excluding diaryl/α,β-unsaturated/α-hetero) is 1. The highest BCUT2D eigenvalue weighted by Crippen LogP contribution is 2.28. The summed E-state index contributed by atoms with van der Waals surface area (Å²) >= 11 is 0. The van der Waals surface area contributed by atoms with Gasteiger partial charge in [-0.25, -0.2) is 8.42 Å². The molecule has 1 atom stereocenters.